The van der Waals surface area contributed by atoms with E-state index in [1.54, 1.807) is 0 Å². The summed E-state index contributed by atoms with van der Waals surface area (Å²) >= 11 is 0. The summed E-state index contributed by atoms with van der Waals surface area (Å²) in [6, 6.07) is 8.89. The lowest BCUT2D eigenvalue weighted by Gasteiger charge is -2.23. The summed E-state index contributed by atoms with van der Waals surface area (Å²) in [6.45, 7) is 10.6. The van der Waals surface area contributed by atoms with E-state index in [2.05, 4.69) is 48.3 Å². The average molecular weight is 276 g/mol. The lowest BCUT2D eigenvalue weighted by Crippen LogP contribution is -2.32. The zero-order chi connectivity index (χ0) is 14.2. The van der Waals surface area contributed by atoms with Crippen molar-refractivity contribution in [3.63, 3.8) is 0 Å². The molecule has 112 valence electrons. The van der Waals surface area contributed by atoms with Gasteiger partial charge in [0.05, 0.1) is 12.7 Å². The maximum Gasteiger partial charge on any atom is 0.0720 e. The van der Waals surface area contributed by atoms with Crippen LogP contribution in [0.25, 0.3) is 0 Å². The van der Waals surface area contributed by atoms with Crippen molar-refractivity contribution in [1.82, 2.24) is 10.2 Å². The first-order valence-corrected chi connectivity index (χ1v) is 7.94. The molecule has 0 aliphatic carbocycles. The molecule has 1 aliphatic rings. The summed E-state index contributed by atoms with van der Waals surface area (Å²) in [5, 5.41) is 3.36. The molecule has 1 saturated heterocycles. The van der Waals surface area contributed by atoms with E-state index in [0.29, 0.717) is 6.10 Å². The van der Waals surface area contributed by atoms with E-state index >= 15 is 0 Å². The van der Waals surface area contributed by atoms with E-state index in [-0.39, 0.29) is 0 Å². The van der Waals surface area contributed by atoms with Crippen LogP contribution in [0.3, 0.4) is 0 Å². The second-order valence-electron chi connectivity index (χ2n) is 5.54. The normalized spacial score (nSPS) is 16.8. The van der Waals surface area contributed by atoms with Gasteiger partial charge >= 0.3 is 0 Å². The van der Waals surface area contributed by atoms with Crippen molar-refractivity contribution in [2.24, 2.45) is 0 Å². The van der Waals surface area contributed by atoms with Gasteiger partial charge in [0, 0.05) is 6.54 Å². The molecule has 0 bridgehead atoms. The van der Waals surface area contributed by atoms with Gasteiger partial charge in [-0.1, -0.05) is 38.1 Å². The minimum Gasteiger partial charge on any atom is -0.373 e. The van der Waals surface area contributed by atoms with Crippen LogP contribution >= 0.6 is 0 Å². The molecule has 0 aromatic heterocycles. The largest absolute Gasteiger partial charge is 0.373 e. The quantitative estimate of drug-likeness (QED) is 0.829. The van der Waals surface area contributed by atoms with Gasteiger partial charge in [-0.25, -0.2) is 0 Å². The fourth-order valence-corrected chi connectivity index (χ4v) is 2.62. The fraction of sp³-hybridized carbons (Fsp3) is 0.647. The second-order valence-corrected chi connectivity index (χ2v) is 5.54. The van der Waals surface area contributed by atoms with Crippen LogP contribution in [0.5, 0.6) is 0 Å². The van der Waals surface area contributed by atoms with Gasteiger partial charge in [-0.05, 0) is 50.1 Å². The Morgan fingerprint density at radius 2 is 1.65 bits per heavy atom. The molecule has 0 atom stereocenters. The summed E-state index contributed by atoms with van der Waals surface area (Å²) in [7, 11) is 0. The molecule has 2 rings (SSSR count). The Hall–Kier alpha value is -0.900. The number of hydrogen-bond acceptors (Lipinski definition) is 3. The molecule has 0 unspecified atom stereocenters. The molecule has 0 amide bonds. The third kappa shape index (κ3) is 4.89. The highest BCUT2D eigenvalue weighted by Gasteiger charge is 2.13. The number of ether oxygens (including phenoxy) is 1. The van der Waals surface area contributed by atoms with Crippen LogP contribution in [-0.4, -0.2) is 37.2 Å². The first kappa shape index (κ1) is 15.5. The zero-order valence-corrected chi connectivity index (χ0v) is 12.9. The summed E-state index contributed by atoms with van der Waals surface area (Å²) in [5.74, 6) is 0. The molecule has 1 fully saturated rings. The van der Waals surface area contributed by atoms with Crippen LogP contribution in [0.4, 0.5) is 0 Å². The van der Waals surface area contributed by atoms with Gasteiger partial charge in [-0.3, -0.25) is 4.90 Å². The highest BCUT2D eigenvalue weighted by Crippen LogP contribution is 2.13. The Bertz CT molecular complexity index is 367. The summed E-state index contributed by atoms with van der Waals surface area (Å²) in [6.07, 6.45) is 2.71. The minimum atomic E-state index is 0.437. The maximum absolute atomic E-state index is 5.98. The molecular formula is C17H28N2O. The van der Waals surface area contributed by atoms with Gasteiger partial charge in [0.15, 0.2) is 0 Å². The number of nitrogens with zero attached hydrogens (tertiary/aromatic N) is 1. The Morgan fingerprint density at radius 1 is 1.05 bits per heavy atom. The Balaban J connectivity index is 1.78. The molecule has 1 N–H and O–H groups in total. The SMILES string of the molecule is CCN(CC)Cc1ccc(COC2CCNCC2)cc1. The summed E-state index contributed by atoms with van der Waals surface area (Å²) in [4.78, 5) is 2.43. The van der Waals surface area contributed by atoms with Crippen LogP contribution in [0.15, 0.2) is 24.3 Å². The number of benzene rings is 1. The maximum atomic E-state index is 5.98. The van der Waals surface area contributed by atoms with Gasteiger partial charge < -0.3 is 10.1 Å². The lowest BCUT2D eigenvalue weighted by atomic mass is 10.1. The van der Waals surface area contributed by atoms with Crippen LogP contribution in [0, 0.1) is 0 Å². The van der Waals surface area contributed by atoms with Crippen molar-refractivity contribution < 1.29 is 4.74 Å². The number of nitrogens with one attached hydrogen (secondary N) is 1. The number of hydrogen-bond donors (Lipinski definition) is 1. The van der Waals surface area contributed by atoms with Gasteiger partial charge in [-0.15, -0.1) is 0 Å². The van der Waals surface area contributed by atoms with E-state index in [4.69, 9.17) is 4.74 Å². The van der Waals surface area contributed by atoms with Crippen LogP contribution in [-0.2, 0) is 17.9 Å². The summed E-state index contributed by atoms with van der Waals surface area (Å²) in [5.41, 5.74) is 2.67. The Kier molecular flexibility index (Phi) is 6.51. The molecule has 1 aromatic rings. The van der Waals surface area contributed by atoms with E-state index in [9.17, 15) is 0 Å². The molecule has 1 aliphatic heterocycles. The zero-order valence-electron chi connectivity index (χ0n) is 12.9. The molecule has 1 heterocycles. The molecule has 0 saturated carbocycles. The molecule has 1 aromatic carbocycles. The molecule has 0 radical (unpaired) electrons. The topological polar surface area (TPSA) is 24.5 Å². The standard InChI is InChI=1S/C17H28N2O/c1-3-19(4-2)13-15-5-7-16(8-6-15)14-20-17-9-11-18-12-10-17/h5-8,17-18H,3-4,9-14H2,1-2H3. The van der Waals surface area contributed by atoms with Crippen LogP contribution in [0.2, 0.25) is 0 Å². The van der Waals surface area contributed by atoms with Gasteiger partial charge in [0.2, 0.25) is 0 Å². The summed E-state index contributed by atoms with van der Waals surface area (Å²) < 4.78 is 5.98. The first-order valence-electron chi connectivity index (χ1n) is 7.94. The van der Waals surface area contributed by atoms with E-state index in [1.165, 1.54) is 11.1 Å². The van der Waals surface area contributed by atoms with Crippen molar-refractivity contribution in [3.05, 3.63) is 35.4 Å². The van der Waals surface area contributed by atoms with E-state index < -0.39 is 0 Å². The third-order valence-corrected chi connectivity index (χ3v) is 4.10. The third-order valence-electron chi connectivity index (χ3n) is 4.10. The molecule has 20 heavy (non-hydrogen) atoms. The van der Waals surface area contributed by atoms with Crippen LogP contribution in [0.1, 0.15) is 37.8 Å². The lowest BCUT2D eigenvalue weighted by molar-refractivity contribution is 0.0212. The van der Waals surface area contributed by atoms with Gasteiger partial charge in [-0.2, -0.15) is 0 Å². The molecule has 0 spiro atoms. The Morgan fingerprint density at radius 3 is 2.25 bits per heavy atom. The van der Waals surface area contributed by atoms with E-state index in [1.807, 2.05) is 0 Å². The monoisotopic (exact) mass is 276 g/mol. The average Bonchev–Trinajstić information content (AvgIpc) is 2.53. The van der Waals surface area contributed by atoms with Gasteiger partial charge in [0.1, 0.15) is 0 Å². The highest BCUT2D eigenvalue weighted by atomic mass is 16.5. The first-order chi connectivity index (χ1) is 9.81. The van der Waals surface area contributed by atoms with Crippen molar-refractivity contribution in [2.75, 3.05) is 26.2 Å². The molecule has 3 nitrogen and oxygen atoms in total. The predicted molar refractivity (Wildman–Crippen MR) is 83.7 cm³/mol. The molecular weight excluding hydrogens is 248 g/mol. The van der Waals surface area contributed by atoms with Crippen molar-refractivity contribution in [2.45, 2.75) is 45.9 Å². The minimum absolute atomic E-state index is 0.437. The number of piperidine rings is 1. The predicted octanol–water partition coefficient (Wildman–Crippen LogP) is 2.80. The fourth-order valence-electron chi connectivity index (χ4n) is 2.62. The van der Waals surface area contributed by atoms with Crippen molar-refractivity contribution in [3.8, 4) is 0 Å². The van der Waals surface area contributed by atoms with Gasteiger partial charge in [0.25, 0.3) is 0 Å². The van der Waals surface area contributed by atoms with Crippen molar-refractivity contribution >= 4 is 0 Å². The van der Waals surface area contributed by atoms with E-state index in [0.717, 1.165) is 52.2 Å². The van der Waals surface area contributed by atoms with Crippen LogP contribution < -0.4 is 5.32 Å². The Labute approximate surface area is 123 Å². The second kappa shape index (κ2) is 8.40. The highest BCUT2D eigenvalue weighted by molar-refractivity contribution is 5.22. The smallest absolute Gasteiger partial charge is 0.0720 e. The van der Waals surface area contributed by atoms with Crippen molar-refractivity contribution in [1.29, 1.82) is 0 Å². The molecule has 3 heteroatoms. The number of rotatable bonds is 7.